The van der Waals surface area contributed by atoms with Crippen LogP contribution in [0.3, 0.4) is 0 Å². The number of nitrogens with two attached hydrogens (primary N) is 2. The minimum Gasteiger partial charge on any atom is -0.399 e. The molecule has 0 radical (unpaired) electrons. The molecule has 2 rings (SSSR count). The molecule has 0 atom stereocenters. The van der Waals surface area contributed by atoms with Crippen molar-refractivity contribution in [3.63, 3.8) is 0 Å². The molecule has 5 N–H and O–H groups in total. The van der Waals surface area contributed by atoms with Gasteiger partial charge in [0.2, 0.25) is 0 Å². The minimum atomic E-state index is 0.780. The number of hydrogen-bond donors (Lipinski definition) is 3. The van der Waals surface area contributed by atoms with E-state index in [9.17, 15) is 0 Å². The molecule has 1 aromatic carbocycles. The molecule has 3 nitrogen and oxygen atoms in total. The zero-order valence-corrected chi connectivity index (χ0v) is 8.29. The van der Waals surface area contributed by atoms with Crippen molar-refractivity contribution in [2.24, 2.45) is 5.92 Å². The van der Waals surface area contributed by atoms with E-state index in [0.29, 0.717) is 0 Å². The molecule has 1 aliphatic rings. The van der Waals surface area contributed by atoms with Crippen molar-refractivity contribution in [2.45, 2.75) is 19.4 Å². The second-order valence-electron chi connectivity index (χ2n) is 4.03. The number of nitrogen functional groups attached to an aromatic ring is 2. The van der Waals surface area contributed by atoms with Crippen molar-refractivity contribution in [1.29, 1.82) is 0 Å². The van der Waals surface area contributed by atoms with Crippen LogP contribution in [-0.2, 0) is 6.54 Å². The number of anilines is 2. The molecule has 1 aliphatic carbocycles. The van der Waals surface area contributed by atoms with Crippen LogP contribution in [0.5, 0.6) is 0 Å². The van der Waals surface area contributed by atoms with Gasteiger partial charge in [0.05, 0.1) is 0 Å². The molecule has 0 heterocycles. The second-order valence-corrected chi connectivity index (χ2v) is 4.03. The maximum Gasteiger partial charge on any atom is 0.0361 e. The first-order valence-corrected chi connectivity index (χ1v) is 5.10. The molecule has 0 amide bonds. The van der Waals surface area contributed by atoms with E-state index in [4.69, 9.17) is 11.5 Å². The lowest BCUT2D eigenvalue weighted by Gasteiger charge is -2.07. The summed E-state index contributed by atoms with van der Waals surface area (Å²) in [4.78, 5) is 0. The van der Waals surface area contributed by atoms with E-state index < -0.39 is 0 Å². The van der Waals surface area contributed by atoms with Crippen LogP contribution < -0.4 is 16.8 Å². The van der Waals surface area contributed by atoms with Gasteiger partial charge in [-0.25, -0.2) is 0 Å². The summed E-state index contributed by atoms with van der Waals surface area (Å²) in [5.41, 5.74) is 14.2. The molecular formula is C11H17N3. The van der Waals surface area contributed by atoms with Crippen LogP contribution in [0.4, 0.5) is 11.4 Å². The third-order valence-corrected chi connectivity index (χ3v) is 2.61. The van der Waals surface area contributed by atoms with Gasteiger partial charge in [0.15, 0.2) is 0 Å². The van der Waals surface area contributed by atoms with E-state index in [1.54, 1.807) is 0 Å². The van der Waals surface area contributed by atoms with Crippen LogP contribution in [0.1, 0.15) is 18.4 Å². The SMILES string of the molecule is Nc1ccc(N)c(CNCC2CC2)c1. The van der Waals surface area contributed by atoms with Crippen molar-refractivity contribution >= 4 is 11.4 Å². The summed E-state index contributed by atoms with van der Waals surface area (Å²) in [6.45, 7) is 1.93. The van der Waals surface area contributed by atoms with E-state index in [1.165, 1.54) is 12.8 Å². The van der Waals surface area contributed by atoms with Crippen LogP contribution in [0.15, 0.2) is 18.2 Å². The van der Waals surface area contributed by atoms with Crippen molar-refractivity contribution in [2.75, 3.05) is 18.0 Å². The van der Waals surface area contributed by atoms with E-state index in [-0.39, 0.29) is 0 Å². The number of nitrogens with one attached hydrogen (secondary N) is 1. The quantitative estimate of drug-likeness (QED) is 0.629. The fourth-order valence-electron chi connectivity index (χ4n) is 1.51. The van der Waals surface area contributed by atoms with Crippen LogP contribution in [0.25, 0.3) is 0 Å². The van der Waals surface area contributed by atoms with Crippen LogP contribution >= 0.6 is 0 Å². The fraction of sp³-hybridized carbons (Fsp3) is 0.455. The summed E-state index contributed by atoms with van der Waals surface area (Å²) < 4.78 is 0. The van der Waals surface area contributed by atoms with E-state index in [0.717, 1.165) is 35.9 Å². The van der Waals surface area contributed by atoms with Crippen LogP contribution in [0.2, 0.25) is 0 Å². The predicted molar refractivity (Wildman–Crippen MR) is 59.7 cm³/mol. The zero-order chi connectivity index (χ0) is 9.97. The Morgan fingerprint density at radius 1 is 1.29 bits per heavy atom. The zero-order valence-electron chi connectivity index (χ0n) is 8.29. The predicted octanol–water partition coefficient (Wildman–Crippen LogP) is 1.35. The molecule has 14 heavy (non-hydrogen) atoms. The molecule has 76 valence electrons. The van der Waals surface area contributed by atoms with Gasteiger partial charge < -0.3 is 16.8 Å². The second kappa shape index (κ2) is 3.88. The smallest absolute Gasteiger partial charge is 0.0361 e. The van der Waals surface area contributed by atoms with Gasteiger partial charge in [-0.15, -0.1) is 0 Å². The molecule has 1 aromatic rings. The number of rotatable bonds is 4. The summed E-state index contributed by atoms with van der Waals surface area (Å²) >= 11 is 0. The Bertz CT molecular complexity index is 318. The van der Waals surface area contributed by atoms with E-state index in [1.807, 2.05) is 18.2 Å². The van der Waals surface area contributed by atoms with Crippen LogP contribution in [0, 0.1) is 5.92 Å². The third-order valence-electron chi connectivity index (χ3n) is 2.61. The van der Waals surface area contributed by atoms with E-state index in [2.05, 4.69) is 5.32 Å². The van der Waals surface area contributed by atoms with Gasteiger partial charge in [-0.1, -0.05) is 0 Å². The fourth-order valence-corrected chi connectivity index (χ4v) is 1.51. The highest BCUT2D eigenvalue weighted by Crippen LogP contribution is 2.27. The molecule has 0 aliphatic heterocycles. The highest BCUT2D eigenvalue weighted by Gasteiger charge is 2.20. The largest absolute Gasteiger partial charge is 0.399 e. The molecule has 1 saturated carbocycles. The van der Waals surface area contributed by atoms with Crippen molar-refractivity contribution in [3.05, 3.63) is 23.8 Å². The summed E-state index contributed by atoms with van der Waals surface area (Å²) in [5, 5.41) is 3.40. The highest BCUT2D eigenvalue weighted by molar-refractivity contribution is 5.55. The van der Waals surface area contributed by atoms with Gasteiger partial charge in [0, 0.05) is 17.9 Å². The summed E-state index contributed by atoms with van der Waals surface area (Å²) in [7, 11) is 0. The Morgan fingerprint density at radius 3 is 2.79 bits per heavy atom. The number of hydrogen-bond acceptors (Lipinski definition) is 3. The number of benzene rings is 1. The standard InChI is InChI=1S/C11H17N3/c12-10-3-4-11(13)9(5-10)7-14-6-8-1-2-8/h3-5,8,14H,1-2,6-7,12-13H2. The first-order valence-electron chi connectivity index (χ1n) is 5.10. The van der Waals surface area contributed by atoms with Crippen LogP contribution in [-0.4, -0.2) is 6.54 Å². The molecule has 0 aromatic heterocycles. The van der Waals surface area contributed by atoms with Gasteiger partial charge in [-0.05, 0) is 49.1 Å². The summed E-state index contributed by atoms with van der Waals surface area (Å²) in [5.74, 6) is 0.900. The first kappa shape index (κ1) is 9.34. The Hall–Kier alpha value is -1.22. The molecule has 3 heteroatoms. The van der Waals surface area contributed by atoms with Crippen molar-refractivity contribution in [1.82, 2.24) is 5.32 Å². The minimum absolute atomic E-state index is 0.780. The van der Waals surface area contributed by atoms with E-state index >= 15 is 0 Å². The van der Waals surface area contributed by atoms with Gasteiger partial charge in [0.25, 0.3) is 0 Å². The lowest BCUT2D eigenvalue weighted by Crippen LogP contribution is -2.17. The third kappa shape index (κ3) is 2.39. The van der Waals surface area contributed by atoms with Gasteiger partial charge in [0.1, 0.15) is 0 Å². The Kier molecular flexibility index (Phi) is 2.59. The van der Waals surface area contributed by atoms with Gasteiger partial charge in [-0.3, -0.25) is 0 Å². The van der Waals surface area contributed by atoms with Gasteiger partial charge >= 0.3 is 0 Å². The molecule has 0 bridgehead atoms. The average molecular weight is 191 g/mol. The molecule has 0 saturated heterocycles. The summed E-state index contributed by atoms with van der Waals surface area (Å²) in [6, 6.07) is 5.64. The maximum absolute atomic E-state index is 5.83. The molecule has 0 spiro atoms. The van der Waals surface area contributed by atoms with Crippen molar-refractivity contribution < 1.29 is 0 Å². The normalized spacial score (nSPS) is 15.7. The Balaban J connectivity index is 1.89. The monoisotopic (exact) mass is 191 g/mol. The highest BCUT2D eigenvalue weighted by atomic mass is 14.9. The topological polar surface area (TPSA) is 64.1 Å². The lowest BCUT2D eigenvalue weighted by atomic mass is 10.1. The van der Waals surface area contributed by atoms with Gasteiger partial charge in [-0.2, -0.15) is 0 Å². The molecule has 0 unspecified atom stereocenters. The maximum atomic E-state index is 5.83. The van der Waals surface area contributed by atoms with Crippen molar-refractivity contribution in [3.8, 4) is 0 Å². The summed E-state index contributed by atoms with van der Waals surface area (Å²) in [6.07, 6.45) is 2.75. The first-order chi connectivity index (χ1) is 6.75. The molecule has 1 fully saturated rings. The Morgan fingerprint density at radius 2 is 2.07 bits per heavy atom. The lowest BCUT2D eigenvalue weighted by molar-refractivity contribution is 0.639. The Labute approximate surface area is 84.5 Å². The average Bonchev–Trinajstić information content (AvgIpc) is 2.95. The molecular weight excluding hydrogens is 174 g/mol.